The van der Waals surface area contributed by atoms with E-state index >= 15 is 0 Å². The number of anilines is 2. The third-order valence-electron chi connectivity index (χ3n) is 4.98. The molecule has 0 unspecified atom stereocenters. The first-order valence-electron chi connectivity index (χ1n) is 9.51. The Balaban J connectivity index is 1.78. The van der Waals surface area contributed by atoms with Crippen LogP contribution in [0.3, 0.4) is 0 Å². The largest absolute Gasteiger partial charge is 0.497 e. The van der Waals surface area contributed by atoms with Gasteiger partial charge < -0.3 is 23.5 Å². The van der Waals surface area contributed by atoms with Crippen molar-refractivity contribution in [2.45, 2.75) is 0 Å². The molecule has 0 saturated heterocycles. The van der Waals surface area contributed by atoms with Crippen molar-refractivity contribution >= 4 is 34.2 Å². The van der Waals surface area contributed by atoms with Gasteiger partial charge >= 0.3 is 0 Å². The average Bonchev–Trinajstić information content (AvgIpc) is 3.31. The second-order valence-corrected chi connectivity index (χ2v) is 7.05. The maximum atomic E-state index is 6.20. The van der Waals surface area contributed by atoms with Gasteiger partial charge in [0, 0.05) is 36.2 Å². The highest BCUT2D eigenvalue weighted by Gasteiger charge is 2.20. The topological polar surface area (TPSA) is 92.0 Å². The molecule has 2 aromatic heterocycles. The highest BCUT2D eigenvalue weighted by molar-refractivity contribution is 6.28. The van der Waals surface area contributed by atoms with Gasteiger partial charge in [-0.25, -0.2) is 4.98 Å². The monoisotopic (exact) mass is 456 g/mol. The molecule has 0 bridgehead atoms. The van der Waals surface area contributed by atoms with E-state index in [9.17, 15) is 0 Å². The summed E-state index contributed by atoms with van der Waals surface area (Å²) in [5.74, 6) is 3.34. The Hall–Kier alpha value is -3.72. The van der Waals surface area contributed by atoms with Gasteiger partial charge in [-0.15, -0.1) is 0 Å². The van der Waals surface area contributed by atoms with Crippen LogP contribution in [0.1, 0.15) is 0 Å². The van der Waals surface area contributed by atoms with Gasteiger partial charge in [0.05, 0.1) is 34.0 Å². The molecule has 0 N–H and O–H groups in total. The summed E-state index contributed by atoms with van der Waals surface area (Å²) in [4.78, 5) is 10.4. The van der Waals surface area contributed by atoms with Gasteiger partial charge in [-0.2, -0.15) is 4.98 Å². The van der Waals surface area contributed by atoms with Crippen LogP contribution >= 0.6 is 11.6 Å². The third kappa shape index (κ3) is 3.82. The van der Waals surface area contributed by atoms with E-state index in [1.807, 2.05) is 12.1 Å². The standard InChI is InChI=1S/C22H21ClN4O5/c1-27(20-11-16(26-32-20)13-7-6-12(28-2)8-17(13)29-3)21-14-9-18(30-4)19(31-5)10-15(14)24-22(23)25-21/h6-11H,1-5H3. The number of aromatic nitrogens is 3. The fourth-order valence-corrected chi connectivity index (χ4v) is 3.50. The molecule has 166 valence electrons. The molecule has 0 atom stereocenters. The Labute approximate surface area is 189 Å². The molecule has 0 aliphatic rings. The van der Waals surface area contributed by atoms with Gasteiger partial charge in [0.25, 0.3) is 0 Å². The molecule has 0 fully saturated rings. The summed E-state index contributed by atoms with van der Waals surface area (Å²) < 4.78 is 27.1. The van der Waals surface area contributed by atoms with Crippen LogP contribution in [0.5, 0.6) is 23.0 Å². The lowest BCUT2D eigenvalue weighted by Crippen LogP contribution is -2.12. The average molecular weight is 457 g/mol. The highest BCUT2D eigenvalue weighted by Crippen LogP contribution is 2.39. The number of benzene rings is 2. The molecule has 32 heavy (non-hydrogen) atoms. The lowest BCUT2D eigenvalue weighted by atomic mass is 10.1. The minimum absolute atomic E-state index is 0.0862. The Morgan fingerprint density at radius 1 is 0.844 bits per heavy atom. The molecule has 0 spiro atoms. The first kappa shape index (κ1) is 21.5. The maximum absolute atomic E-state index is 6.20. The fourth-order valence-electron chi connectivity index (χ4n) is 3.33. The van der Waals surface area contributed by atoms with Gasteiger partial charge in [0.1, 0.15) is 23.0 Å². The second kappa shape index (κ2) is 8.80. The lowest BCUT2D eigenvalue weighted by Gasteiger charge is -2.17. The van der Waals surface area contributed by atoms with Gasteiger partial charge in [-0.1, -0.05) is 5.16 Å². The van der Waals surface area contributed by atoms with E-state index in [0.717, 1.165) is 5.56 Å². The zero-order valence-corrected chi connectivity index (χ0v) is 18.9. The normalized spacial score (nSPS) is 10.8. The van der Waals surface area contributed by atoms with Crippen molar-refractivity contribution in [3.63, 3.8) is 0 Å². The molecule has 4 aromatic rings. The predicted octanol–water partition coefficient (Wildman–Crippen LogP) is 4.74. The van der Waals surface area contributed by atoms with Crippen LogP contribution in [0.25, 0.3) is 22.2 Å². The summed E-state index contributed by atoms with van der Waals surface area (Å²) in [6.45, 7) is 0. The molecular formula is C22H21ClN4O5. The van der Waals surface area contributed by atoms with Crippen LogP contribution in [-0.4, -0.2) is 50.6 Å². The minimum Gasteiger partial charge on any atom is -0.497 e. The van der Waals surface area contributed by atoms with E-state index in [1.165, 1.54) is 0 Å². The van der Waals surface area contributed by atoms with E-state index in [-0.39, 0.29) is 5.28 Å². The zero-order chi connectivity index (χ0) is 22.8. The van der Waals surface area contributed by atoms with Crippen molar-refractivity contribution in [3.8, 4) is 34.3 Å². The number of hydrogen-bond donors (Lipinski definition) is 0. The number of hydrogen-bond acceptors (Lipinski definition) is 9. The molecule has 2 aromatic carbocycles. The molecule has 0 aliphatic heterocycles. The SMILES string of the molecule is COc1ccc(-c2cc(N(C)c3nc(Cl)nc4cc(OC)c(OC)cc34)on2)c(OC)c1. The number of rotatable bonds is 7. The number of fused-ring (bicyclic) bond motifs is 1. The van der Waals surface area contributed by atoms with Crippen molar-refractivity contribution in [1.29, 1.82) is 0 Å². The quantitative estimate of drug-likeness (QED) is 0.365. The molecule has 10 heteroatoms. The Kier molecular flexibility index (Phi) is 5.91. The van der Waals surface area contributed by atoms with E-state index in [4.69, 9.17) is 35.1 Å². The van der Waals surface area contributed by atoms with Crippen molar-refractivity contribution in [2.24, 2.45) is 0 Å². The van der Waals surface area contributed by atoms with Crippen LogP contribution in [0, 0.1) is 0 Å². The van der Waals surface area contributed by atoms with Crippen molar-refractivity contribution < 1.29 is 23.5 Å². The summed E-state index contributed by atoms with van der Waals surface area (Å²) in [5, 5.41) is 4.99. The summed E-state index contributed by atoms with van der Waals surface area (Å²) in [6.07, 6.45) is 0. The highest BCUT2D eigenvalue weighted by atomic mass is 35.5. The predicted molar refractivity (Wildman–Crippen MR) is 121 cm³/mol. The maximum Gasteiger partial charge on any atom is 0.233 e. The van der Waals surface area contributed by atoms with Crippen LogP contribution in [-0.2, 0) is 0 Å². The second-order valence-electron chi connectivity index (χ2n) is 6.72. The van der Waals surface area contributed by atoms with Gasteiger partial charge in [-0.3, -0.25) is 4.90 Å². The summed E-state index contributed by atoms with van der Waals surface area (Å²) in [5.41, 5.74) is 1.95. The summed E-state index contributed by atoms with van der Waals surface area (Å²) >= 11 is 6.20. The van der Waals surface area contributed by atoms with Gasteiger partial charge in [0.2, 0.25) is 11.2 Å². The fraction of sp³-hybridized carbons (Fsp3) is 0.227. The van der Waals surface area contributed by atoms with Crippen LogP contribution in [0.2, 0.25) is 5.28 Å². The molecule has 9 nitrogen and oxygen atoms in total. The lowest BCUT2D eigenvalue weighted by molar-refractivity contribution is 0.356. The Morgan fingerprint density at radius 2 is 1.56 bits per heavy atom. The smallest absolute Gasteiger partial charge is 0.233 e. The van der Waals surface area contributed by atoms with Crippen LogP contribution in [0.4, 0.5) is 11.7 Å². The van der Waals surface area contributed by atoms with Gasteiger partial charge in [-0.05, 0) is 29.8 Å². The Bertz CT molecular complexity index is 1280. The molecule has 0 amide bonds. The van der Waals surface area contributed by atoms with Crippen molar-refractivity contribution in [3.05, 3.63) is 41.7 Å². The van der Waals surface area contributed by atoms with E-state index in [1.54, 1.807) is 64.7 Å². The molecular weight excluding hydrogens is 436 g/mol. The van der Waals surface area contributed by atoms with Crippen LogP contribution in [0.15, 0.2) is 40.9 Å². The molecule has 0 radical (unpaired) electrons. The minimum atomic E-state index is 0.0862. The van der Waals surface area contributed by atoms with Crippen molar-refractivity contribution in [1.82, 2.24) is 15.1 Å². The van der Waals surface area contributed by atoms with Crippen molar-refractivity contribution in [2.75, 3.05) is 40.4 Å². The van der Waals surface area contributed by atoms with Gasteiger partial charge in [0.15, 0.2) is 11.5 Å². The molecule has 2 heterocycles. The molecule has 0 saturated carbocycles. The number of ether oxygens (including phenoxy) is 4. The Morgan fingerprint density at radius 3 is 2.25 bits per heavy atom. The number of nitrogens with zero attached hydrogens (tertiary/aromatic N) is 4. The van der Waals surface area contributed by atoms with E-state index in [2.05, 4.69) is 15.1 Å². The number of halogens is 1. The first-order valence-corrected chi connectivity index (χ1v) is 9.89. The van der Waals surface area contributed by atoms with E-state index < -0.39 is 0 Å². The first-order chi connectivity index (χ1) is 15.5. The molecule has 0 aliphatic carbocycles. The number of methoxy groups -OCH3 is 4. The third-order valence-corrected chi connectivity index (χ3v) is 5.15. The summed E-state index contributed by atoms with van der Waals surface area (Å²) in [6, 6.07) is 10.8. The zero-order valence-electron chi connectivity index (χ0n) is 18.2. The molecule has 4 rings (SSSR count). The van der Waals surface area contributed by atoms with Crippen LogP contribution < -0.4 is 23.8 Å². The van der Waals surface area contributed by atoms with E-state index in [0.29, 0.717) is 51.3 Å². The summed E-state index contributed by atoms with van der Waals surface area (Å²) in [7, 11) is 8.10.